The van der Waals surface area contributed by atoms with E-state index in [1.165, 1.54) is 0 Å². The van der Waals surface area contributed by atoms with Crippen molar-refractivity contribution >= 4 is 51.3 Å². The lowest BCUT2D eigenvalue weighted by atomic mass is 10.4. The second kappa shape index (κ2) is 12.7. The van der Waals surface area contributed by atoms with Gasteiger partial charge in [0.25, 0.3) is 0 Å². The maximum Gasteiger partial charge on any atom is 0.434 e. The Bertz CT molecular complexity index is 681. The van der Waals surface area contributed by atoms with E-state index in [-0.39, 0.29) is 29.7 Å². The standard InChI is InChI=1S/C14H24F3N5O2S2.HI/c1-3-18-13(19-7-5-8-21-26(23,24)4-2)20-9-6-12-22-11(10-25-12)14(15,16)17;/h10,21H,3-9H2,1-2H3,(H2,18,19,20);1H. The van der Waals surface area contributed by atoms with E-state index in [1.54, 1.807) is 6.92 Å². The van der Waals surface area contributed by atoms with Crippen LogP contribution in [0, 0.1) is 0 Å². The van der Waals surface area contributed by atoms with E-state index in [4.69, 9.17) is 0 Å². The van der Waals surface area contributed by atoms with E-state index in [1.807, 2.05) is 6.92 Å². The normalized spacial score (nSPS) is 12.6. The lowest BCUT2D eigenvalue weighted by Gasteiger charge is -2.10. The number of rotatable bonds is 10. The largest absolute Gasteiger partial charge is 0.434 e. The highest BCUT2D eigenvalue weighted by molar-refractivity contribution is 14.0. The lowest BCUT2D eigenvalue weighted by molar-refractivity contribution is -0.140. The minimum Gasteiger partial charge on any atom is -0.357 e. The Morgan fingerprint density at radius 1 is 1.26 bits per heavy atom. The third kappa shape index (κ3) is 11.0. The van der Waals surface area contributed by atoms with Gasteiger partial charge < -0.3 is 10.6 Å². The summed E-state index contributed by atoms with van der Waals surface area (Å²) in [5.74, 6) is 0.561. The fraction of sp³-hybridized carbons (Fsp3) is 0.714. The molecule has 1 rings (SSSR count). The van der Waals surface area contributed by atoms with E-state index < -0.39 is 21.9 Å². The molecule has 0 aliphatic rings. The summed E-state index contributed by atoms with van der Waals surface area (Å²) in [6.07, 6.45) is -3.53. The Kier molecular flexibility index (Phi) is 12.4. The molecule has 1 aromatic rings. The maximum atomic E-state index is 12.5. The van der Waals surface area contributed by atoms with Crippen LogP contribution in [0.3, 0.4) is 0 Å². The van der Waals surface area contributed by atoms with Gasteiger partial charge in [0.1, 0.15) is 0 Å². The summed E-state index contributed by atoms with van der Waals surface area (Å²) in [5.41, 5.74) is -0.868. The van der Waals surface area contributed by atoms with E-state index in [9.17, 15) is 21.6 Å². The summed E-state index contributed by atoms with van der Waals surface area (Å²) in [7, 11) is -3.20. The number of thiazole rings is 1. The Balaban J connectivity index is 0.00000676. The van der Waals surface area contributed by atoms with Gasteiger partial charge in [-0.15, -0.1) is 35.3 Å². The average molecular weight is 543 g/mol. The van der Waals surface area contributed by atoms with Crippen LogP contribution in [0.25, 0.3) is 0 Å². The van der Waals surface area contributed by atoms with Gasteiger partial charge in [0, 0.05) is 38.0 Å². The second-order valence-electron chi connectivity index (χ2n) is 5.21. The molecule has 1 aromatic heterocycles. The predicted molar refractivity (Wildman–Crippen MR) is 112 cm³/mol. The highest BCUT2D eigenvalue weighted by Crippen LogP contribution is 2.29. The van der Waals surface area contributed by atoms with Crippen molar-refractivity contribution in [3.05, 3.63) is 16.1 Å². The molecule has 0 atom stereocenters. The molecular formula is C14H25F3IN5O2S2. The van der Waals surface area contributed by atoms with Crippen LogP contribution in [0.4, 0.5) is 13.2 Å². The van der Waals surface area contributed by atoms with Gasteiger partial charge in [0.05, 0.1) is 10.8 Å². The first-order chi connectivity index (χ1) is 12.2. The molecule has 27 heavy (non-hydrogen) atoms. The number of guanidine groups is 1. The maximum absolute atomic E-state index is 12.5. The van der Waals surface area contributed by atoms with Gasteiger partial charge >= 0.3 is 6.18 Å². The van der Waals surface area contributed by atoms with E-state index in [2.05, 4.69) is 25.3 Å². The third-order valence-electron chi connectivity index (χ3n) is 3.12. The topological polar surface area (TPSA) is 95.5 Å². The molecule has 0 aliphatic carbocycles. The van der Waals surface area contributed by atoms with Crippen molar-refractivity contribution in [3.8, 4) is 0 Å². The van der Waals surface area contributed by atoms with Crippen molar-refractivity contribution < 1.29 is 21.6 Å². The molecular weight excluding hydrogens is 518 g/mol. The molecule has 0 bridgehead atoms. The summed E-state index contributed by atoms with van der Waals surface area (Å²) in [4.78, 5) is 7.87. The molecule has 0 saturated heterocycles. The number of hydrogen-bond donors (Lipinski definition) is 3. The van der Waals surface area contributed by atoms with Gasteiger partial charge in [0.2, 0.25) is 10.0 Å². The minimum atomic E-state index is -4.42. The van der Waals surface area contributed by atoms with Gasteiger partial charge in [-0.05, 0) is 20.3 Å². The van der Waals surface area contributed by atoms with Crippen molar-refractivity contribution in [2.45, 2.75) is 32.9 Å². The smallest absolute Gasteiger partial charge is 0.357 e. The van der Waals surface area contributed by atoms with Crippen LogP contribution >= 0.6 is 35.3 Å². The third-order valence-corrected chi connectivity index (χ3v) is 5.44. The molecule has 0 spiro atoms. The fourth-order valence-electron chi connectivity index (χ4n) is 1.79. The van der Waals surface area contributed by atoms with E-state index in [0.29, 0.717) is 50.0 Å². The predicted octanol–water partition coefficient (Wildman–Crippen LogP) is 2.21. The molecule has 1 heterocycles. The molecule has 0 radical (unpaired) electrons. The van der Waals surface area contributed by atoms with Gasteiger partial charge in [-0.3, -0.25) is 4.99 Å². The summed E-state index contributed by atoms with van der Waals surface area (Å²) >= 11 is 0.974. The van der Waals surface area contributed by atoms with Crippen molar-refractivity contribution in [1.82, 2.24) is 20.3 Å². The van der Waals surface area contributed by atoms with Crippen LogP contribution in [-0.2, 0) is 22.6 Å². The molecule has 0 fully saturated rings. The molecule has 0 aromatic carbocycles. The van der Waals surface area contributed by atoms with Crippen molar-refractivity contribution in [3.63, 3.8) is 0 Å². The highest BCUT2D eigenvalue weighted by Gasteiger charge is 2.33. The van der Waals surface area contributed by atoms with Gasteiger partial charge in [0.15, 0.2) is 11.7 Å². The first kappa shape index (κ1) is 26.3. The molecule has 0 unspecified atom stereocenters. The quantitative estimate of drug-likeness (QED) is 0.182. The van der Waals surface area contributed by atoms with Gasteiger partial charge in [-0.2, -0.15) is 13.2 Å². The molecule has 0 amide bonds. The molecule has 13 heteroatoms. The van der Waals surface area contributed by atoms with Gasteiger partial charge in [-0.25, -0.2) is 18.1 Å². The van der Waals surface area contributed by atoms with Crippen molar-refractivity contribution in [1.29, 1.82) is 0 Å². The average Bonchev–Trinajstić information content (AvgIpc) is 3.03. The number of sulfonamides is 1. The zero-order valence-corrected chi connectivity index (χ0v) is 19.1. The van der Waals surface area contributed by atoms with Crippen molar-refractivity contribution in [2.75, 3.05) is 31.9 Å². The van der Waals surface area contributed by atoms with Crippen LogP contribution in [0.2, 0.25) is 0 Å². The number of nitrogens with zero attached hydrogens (tertiary/aromatic N) is 2. The SMILES string of the molecule is CCNC(=NCCCNS(=O)(=O)CC)NCCc1nc(C(F)(F)F)cs1.I. The van der Waals surface area contributed by atoms with Crippen LogP contribution in [0.5, 0.6) is 0 Å². The second-order valence-corrected chi connectivity index (χ2v) is 8.25. The molecule has 0 aliphatic heterocycles. The monoisotopic (exact) mass is 543 g/mol. The summed E-state index contributed by atoms with van der Waals surface area (Å²) in [5, 5.41) is 7.44. The summed E-state index contributed by atoms with van der Waals surface area (Å²) in [6, 6.07) is 0. The molecule has 3 N–H and O–H groups in total. The minimum absolute atomic E-state index is 0. The van der Waals surface area contributed by atoms with Crippen LogP contribution in [0.15, 0.2) is 10.4 Å². The molecule has 158 valence electrons. The first-order valence-corrected chi connectivity index (χ1v) is 10.7. The molecule has 0 saturated carbocycles. The van der Waals surface area contributed by atoms with Crippen LogP contribution in [0.1, 0.15) is 31.0 Å². The zero-order valence-electron chi connectivity index (χ0n) is 15.1. The Labute approximate surface area is 178 Å². The van der Waals surface area contributed by atoms with Crippen molar-refractivity contribution in [2.24, 2.45) is 4.99 Å². The van der Waals surface area contributed by atoms with E-state index in [0.717, 1.165) is 16.7 Å². The number of aliphatic imine (C=N–C) groups is 1. The first-order valence-electron chi connectivity index (χ1n) is 8.19. The fourth-order valence-corrected chi connectivity index (χ4v) is 3.25. The van der Waals surface area contributed by atoms with Crippen LogP contribution in [-0.4, -0.2) is 51.3 Å². The lowest BCUT2D eigenvalue weighted by Crippen LogP contribution is -2.38. The summed E-state index contributed by atoms with van der Waals surface area (Å²) in [6.45, 7) is 5.19. The number of nitrogens with one attached hydrogen (secondary N) is 3. The number of halogens is 4. The number of hydrogen-bond acceptors (Lipinski definition) is 5. The summed E-state index contributed by atoms with van der Waals surface area (Å²) < 4.78 is 62.6. The van der Waals surface area contributed by atoms with Gasteiger partial charge in [-0.1, -0.05) is 0 Å². The Hall–Kier alpha value is -0.670. The van der Waals surface area contributed by atoms with E-state index >= 15 is 0 Å². The highest BCUT2D eigenvalue weighted by atomic mass is 127. The zero-order chi connectivity index (χ0) is 19.6. The Morgan fingerprint density at radius 2 is 1.96 bits per heavy atom. The Morgan fingerprint density at radius 3 is 2.52 bits per heavy atom. The number of alkyl halides is 3. The van der Waals surface area contributed by atoms with Crippen LogP contribution < -0.4 is 15.4 Å². The molecule has 7 nitrogen and oxygen atoms in total. The number of aromatic nitrogens is 1.